The van der Waals surface area contributed by atoms with E-state index < -0.39 is 22.6 Å². The summed E-state index contributed by atoms with van der Waals surface area (Å²) in [5, 5.41) is 9.22. The Morgan fingerprint density at radius 1 is 1.16 bits per heavy atom. The molecular formula is C24H34N2O5S. The molecule has 7 nitrogen and oxygen atoms in total. The zero-order valence-corrected chi connectivity index (χ0v) is 19.6. The quantitative estimate of drug-likeness (QED) is 0.481. The molecule has 1 unspecified atom stereocenters. The molecule has 4 rings (SSSR count). The number of likely N-dealkylation sites (tertiary alicyclic amines) is 1. The maximum atomic E-state index is 13.8. The molecule has 32 heavy (non-hydrogen) atoms. The van der Waals surface area contributed by atoms with Gasteiger partial charge >= 0.3 is 5.97 Å². The average molecular weight is 463 g/mol. The van der Waals surface area contributed by atoms with Crippen LogP contribution in [0.1, 0.15) is 45.4 Å². The van der Waals surface area contributed by atoms with Crippen LogP contribution < -0.4 is 0 Å². The van der Waals surface area contributed by atoms with E-state index in [9.17, 15) is 19.5 Å². The highest BCUT2D eigenvalue weighted by Gasteiger charge is 2.70. The number of carbonyl (C=O) groups is 3. The van der Waals surface area contributed by atoms with Crippen molar-refractivity contribution in [2.45, 2.75) is 61.5 Å². The first-order valence-electron chi connectivity index (χ1n) is 11.9. The topological polar surface area (TPSA) is 87.2 Å². The minimum atomic E-state index is -0.794. The maximum Gasteiger partial charge on any atom is 0.311 e. The standard InChI is InChI=1S/C24H34N2O5S/c1-2-3-12-25-13-8-11-24-19(21(28)26(14-9-15-27)20(24)22(25)29)18-17(32-24)10-6-4-5-7-16-31-23(18)30/h6,8,10-11,17-20,27H,2-5,7,9,12-16H2,1H3/b10-6-/t17-,18+,19-,20?,24-/m0/s1. The molecule has 0 aromatic heterocycles. The molecule has 0 aromatic rings. The zero-order chi connectivity index (χ0) is 22.7. The van der Waals surface area contributed by atoms with E-state index in [1.54, 1.807) is 16.7 Å². The summed E-state index contributed by atoms with van der Waals surface area (Å²) < 4.78 is 4.80. The molecule has 2 saturated heterocycles. The predicted molar refractivity (Wildman–Crippen MR) is 123 cm³/mol. The number of unbranched alkanes of at least 4 members (excludes halogenated alkanes) is 1. The van der Waals surface area contributed by atoms with Gasteiger partial charge in [-0.2, -0.15) is 0 Å². The number of ether oxygens (including phenoxy) is 1. The van der Waals surface area contributed by atoms with Crippen LogP contribution in [0.3, 0.4) is 0 Å². The number of cyclic esters (lactones) is 1. The lowest BCUT2D eigenvalue weighted by Gasteiger charge is -2.35. The SMILES string of the molecule is CCCCN1CC=C[C@]23S[C@H]4/C=C\CCCCOC(=O)[C@H]4[C@H]2C(=O)N(CCCO)C3C1=O. The largest absolute Gasteiger partial charge is 0.465 e. The molecule has 5 atom stereocenters. The Balaban J connectivity index is 1.76. The number of thioether (sulfide) groups is 1. The summed E-state index contributed by atoms with van der Waals surface area (Å²) in [5.74, 6) is -1.79. The fraction of sp³-hybridized carbons (Fsp3) is 0.708. The van der Waals surface area contributed by atoms with Crippen molar-refractivity contribution in [2.75, 3.05) is 32.8 Å². The van der Waals surface area contributed by atoms with Gasteiger partial charge in [-0.25, -0.2) is 0 Å². The number of allylic oxidation sites excluding steroid dienone is 1. The van der Waals surface area contributed by atoms with Crippen molar-refractivity contribution in [2.24, 2.45) is 11.8 Å². The molecule has 176 valence electrons. The number of nitrogens with zero attached hydrogens (tertiary/aromatic N) is 2. The van der Waals surface area contributed by atoms with Crippen molar-refractivity contribution in [3.8, 4) is 0 Å². The van der Waals surface area contributed by atoms with Crippen molar-refractivity contribution < 1.29 is 24.2 Å². The Bertz CT molecular complexity index is 799. The van der Waals surface area contributed by atoms with Crippen molar-refractivity contribution in [1.82, 2.24) is 9.80 Å². The van der Waals surface area contributed by atoms with Gasteiger partial charge in [-0.15, -0.1) is 11.8 Å². The smallest absolute Gasteiger partial charge is 0.311 e. The van der Waals surface area contributed by atoms with Gasteiger partial charge in [-0.1, -0.05) is 37.6 Å². The van der Waals surface area contributed by atoms with Crippen LogP contribution in [0.5, 0.6) is 0 Å². The lowest BCUT2D eigenvalue weighted by atomic mass is 9.78. The number of hydrogen-bond acceptors (Lipinski definition) is 6. The van der Waals surface area contributed by atoms with Gasteiger partial charge in [0.2, 0.25) is 11.8 Å². The molecular weight excluding hydrogens is 428 g/mol. The van der Waals surface area contributed by atoms with E-state index >= 15 is 0 Å². The van der Waals surface area contributed by atoms with E-state index in [0.717, 1.165) is 32.1 Å². The molecule has 2 fully saturated rings. The number of aliphatic hydroxyl groups excluding tert-OH is 1. The van der Waals surface area contributed by atoms with Gasteiger partial charge in [-0.3, -0.25) is 14.4 Å². The zero-order valence-electron chi connectivity index (χ0n) is 18.8. The highest BCUT2D eigenvalue weighted by molar-refractivity contribution is 8.02. The molecule has 0 bridgehead atoms. The third-order valence-corrected chi connectivity index (χ3v) is 8.77. The van der Waals surface area contributed by atoms with Gasteiger partial charge in [0.05, 0.1) is 23.2 Å². The van der Waals surface area contributed by atoms with Gasteiger partial charge < -0.3 is 19.6 Å². The first-order valence-corrected chi connectivity index (χ1v) is 12.8. The summed E-state index contributed by atoms with van der Waals surface area (Å²) in [6.45, 7) is 3.88. The highest BCUT2D eigenvalue weighted by Crippen LogP contribution is 2.60. The Morgan fingerprint density at radius 2 is 2.00 bits per heavy atom. The number of fused-ring (bicyclic) bond motifs is 2. The summed E-state index contributed by atoms with van der Waals surface area (Å²) >= 11 is 1.58. The summed E-state index contributed by atoms with van der Waals surface area (Å²) in [6.07, 6.45) is 13.2. The second-order valence-corrected chi connectivity index (χ2v) is 10.6. The van der Waals surface area contributed by atoms with Gasteiger partial charge in [0.1, 0.15) is 6.04 Å². The fourth-order valence-corrected chi connectivity index (χ4v) is 7.50. The number of esters is 1. The minimum Gasteiger partial charge on any atom is -0.465 e. The average Bonchev–Trinajstić information content (AvgIpc) is 3.17. The summed E-state index contributed by atoms with van der Waals surface area (Å²) in [4.78, 5) is 44.2. The number of rotatable bonds is 6. The summed E-state index contributed by atoms with van der Waals surface area (Å²) in [5.41, 5.74) is 0. The molecule has 1 spiro atoms. The van der Waals surface area contributed by atoms with E-state index in [2.05, 4.69) is 19.1 Å². The van der Waals surface area contributed by atoms with Crippen LogP contribution in [0.25, 0.3) is 0 Å². The Morgan fingerprint density at radius 3 is 2.78 bits per heavy atom. The van der Waals surface area contributed by atoms with Crippen LogP contribution in [0.4, 0.5) is 0 Å². The van der Waals surface area contributed by atoms with Crippen LogP contribution in [0.2, 0.25) is 0 Å². The summed E-state index contributed by atoms with van der Waals surface area (Å²) in [7, 11) is 0. The van der Waals surface area contributed by atoms with Gasteiger partial charge in [0.25, 0.3) is 0 Å². The normalized spacial score (nSPS) is 35.8. The predicted octanol–water partition coefficient (Wildman–Crippen LogP) is 2.15. The minimum absolute atomic E-state index is 0.0502. The van der Waals surface area contributed by atoms with Crippen LogP contribution in [-0.4, -0.2) is 81.6 Å². The molecule has 2 amide bonds. The maximum absolute atomic E-state index is 13.8. The molecule has 0 aromatic carbocycles. The number of amides is 2. The lowest BCUT2D eigenvalue weighted by Crippen LogP contribution is -2.53. The van der Waals surface area contributed by atoms with Gasteiger partial charge in [0.15, 0.2) is 0 Å². The van der Waals surface area contributed by atoms with E-state index in [1.807, 2.05) is 17.1 Å². The van der Waals surface area contributed by atoms with Crippen molar-refractivity contribution in [3.63, 3.8) is 0 Å². The summed E-state index contributed by atoms with van der Waals surface area (Å²) in [6, 6.07) is -0.661. The van der Waals surface area contributed by atoms with Crippen molar-refractivity contribution >= 4 is 29.5 Å². The van der Waals surface area contributed by atoms with Crippen molar-refractivity contribution in [1.29, 1.82) is 0 Å². The third kappa shape index (κ3) is 4.00. The third-order valence-electron chi connectivity index (χ3n) is 7.02. The molecule has 4 heterocycles. The van der Waals surface area contributed by atoms with E-state index in [1.165, 1.54) is 0 Å². The molecule has 0 aliphatic carbocycles. The Hall–Kier alpha value is -1.80. The second kappa shape index (κ2) is 10.00. The Kier molecular flexibility index (Phi) is 7.30. The van der Waals surface area contributed by atoms with Crippen LogP contribution in [-0.2, 0) is 19.1 Å². The lowest BCUT2D eigenvalue weighted by molar-refractivity contribution is -0.153. The van der Waals surface area contributed by atoms with Gasteiger partial charge in [-0.05, 0) is 32.1 Å². The molecule has 1 N–H and O–H groups in total. The van der Waals surface area contributed by atoms with E-state index in [-0.39, 0.29) is 29.6 Å². The molecule has 4 aliphatic heterocycles. The molecule has 4 aliphatic rings. The van der Waals surface area contributed by atoms with E-state index in [0.29, 0.717) is 32.7 Å². The number of hydrogen-bond donors (Lipinski definition) is 1. The number of aliphatic hydroxyl groups is 1. The second-order valence-electron chi connectivity index (χ2n) is 9.08. The van der Waals surface area contributed by atoms with E-state index in [4.69, 9.17) is 4.74 Å². The molecule has 0 saturated carbocycles. The monoisotopic (exact) mass is 462 g/mol. The van der Waals surface area contributed by atoms with Crippen LogP contribution >= 0.6 is 11.8 Å². The first kappa shape index (κ1) is 23.4. The molecule has 8 heteroatoms. The fourth-order valence-electron chi connectivity index (χ4n) is 5.49. The Labute approximate surface area is 194 Å². The first-order chi connectivity index (χ1) is 15.5. The highest BCUT2D eigenvalue weighted by atomic mass is 32.2. The van der Waals surface area contributed by atoms with Crippen molar-refractivity contribution in [3.05, 3.63) is 24.3 Å². The van der Waals surface area contributed by atoms with Gasteiger partial charge in [0, 0.05) is 31.5 Å². The van der Waals surface area contributed by atoms with Crippen LogP contribution in [0, 0.1) is 11.8 Å². The molecule has 0 radical (unpaired) electrons. The van der Waals surface area contributed by atoms with Crippen LogP contribution in [0.15, 0.2) is 24.3 Å². The number of carbonyl (C=O) groups excluding carboxylic acids is 3.